The molecule has 3 N–H and O–H groups in total. The van der Waals surface area contributed by atoms with E-state index in [2.05, 4.69) is 5.32 Å². The summed E-state index contributed by atoms with van der Waals surface area (Å²) in [5, 5.41) is 3.14. The highest BCUT2D eigenvalue weighted by Gasteiger charge is 2.17. The maximum Gasteiger partial charge on any atom is 0.239 e. The zero-order chi connectivity index (χ0) is 11.4. The number of hydrogen-bond donors (Lipinski definition) is 2. The van der Waals surface area contributed by atoms with Crippen LogP contribution < -0.4 is 11.1 Å². The average Bonchev–Trinajstić information content (AvgIpc) is 2.15. The summed E-state index contributed by atoms with van der Waals surface area (Å²) < 4.78 is 0. The van der Waals surface area contributed by atoms with Crippen LogP contribution >= 0.6 is 0 Å². The predicted octanol–water partition coefficient (Wildman–Crippen LogP) is 1.52. The molecule has 3 nitrogen and oxygen atoms in total. The fourth-order valence-electron chi connectivity index (χ4n) is 1.43. The van der Waals surface area contributed by atoms with Gasteiger partial charge in [0.1, 0.15) is 6.04 Å². The monoisotopic (exact) mass is 206 g/mol. The number of hydrogen-bond acceptors (Lipinski definition) is 2. The third kappa shape index (κ3) is 3.36. The summed E-state index contributed by atoms with van der Waals surface area (Å²) in [6, 6.07) is 7.65. The Morgan fingerprint density at radius 2 is 1.80 bits per heavy atom. The van der Waals surface area contributed by atoms with Crippen LogP contribution in [0, 0.1) is 6.92 Å². The molecule has 3 heteroatoms. The third-order valence-corrected chi connectivity index (χ3v) is 2.20. The van der Waals surface area contributed by atoms with Gasteiger partial charge in [0.05, 0.1) is 0 Å². The van der Waals surface area contributed by atoms with Crippen molar-refractivity contribution in [1.29, 1.82) is 0 Å². The topological polar surface area (TPSA) is 55.1 Å². The maximum absolute atomic E-state index is 11.3. The smallest absolute Gasteiger partial charge is 0.239 e. The number of benzene rings is 1. The lowest BCUT2D eigenvalue weighted by Gasteiger charge is -2.18. The molecule has 1 rings (SSSR count). The van der Waals surface area contributed by atoms with E-state index in [4.69, 9.17) is 5.73 Å². The van der Waals surface area contributed by atoms with Crippen molar-refractivity contribution in [1.82, 2.24) is 5.32 Å². The summed E-state index contributed by atoms with van der Waals surface area (Å²) >= 11 is 0. The SMILES string of the molecule is Cc1ccc(C(NC(C)C)C(N)=O)cc1. The molecule has 0 aliphatic carbocycles. The van der Waals surface area contributed by atoms with Crippen molar-refractivity contribution in [3.63, 3.8) is 0 Å². The number of primary amides is 1. The van der Waals surface area contributed by atoms with Crippen LogP contribution in [0.25, 0.3) is 0 Å². The maximum atomic E-state index is 11.3. The number of nitrogens with two attached hydrogens (primary N) is 1. The van der Waals surface area contributed by atoms with E-state index in [1.807, 2.05) is 45.0 Å². The van der Waals surface area contributed by atoms with Crippen LogP contribution in [0.15, 0.2) is 24.3 Å². The minimum Gasteiger partial charge on any atom is -0.368 e. The lowest BCUT2D eigenvalue weighted by Crippen LogP contribution is -2.37. The Balaban J connectivity index is 2.89. The van der Waals surface area contributed by atoms with E-state index in [0.717, 1.165) is 5.56 Å². The molecule has 0 heterocycles. The summed E-state index contributed by atoms with van der Waals surface area (Å²) in [5.74, 6) is -0.340. The number of carbonyl (C=O) groups excluding carboxylic acids is 1. The number of aryl methyl sites for hydroxylation is 1. The van der Waals surface area contributed by atoms with E-state index in [1.54, 1.807) is 0 Å². The molecule has 15 heavy (non-hydrogen) atoms. The Labute approximate surface area is 90.7 Å². The fraction of sp³-hybridized carbons (Fsp3) is 0.417. The highest BCUT2D eigenvalue weighted by molar-refractivity contribution is 5.81. The Hall–Kier alpha value is -1.35. The molecule has 0 aliphatic heterocycles. The van der Waals surface area contributed by atoms with Gasteiger partial charge in [0.15, 0.2) is 0 Å². The van der Waals surface area contributed by atoms with Crippen LogP contribution in [0.4, 0.5) is 0 Å². The fourth-order valence-corrected chi connectivity index (χ4v) is 1.43. The van der Waals surface area contributed by atoms with Gasteiger partial charge in [0.25, 0.3) is 0 Å². The molecular weight excluding hydrogens is 188 g/mol. The lowest BCUT2D eigenvalue weighted by molar-refractivity contribution is -0.120. The van der Waals surface area contributed by atoms with Gasteiger partial charge in [0, 0.05) is 6.04 Å². The highest BCUT2D eigenvalue weighted by Crippen LogP contribution is 2.14. The summed E-state index contributed by atoms with van der Waals surface area (Å²) in [7, 11) is 0. The van der Waals surface area contributed by atoms with Crippen LogP contribution in [0.5, 0.6) is 0 Å². The molecule has 0 bridgehead atoms. The van der Waals surface area contributed by atoms with E-state index in [-0.39, 0.29) is 11.9 Å². The Morgan fingerprint density at radius 3 is 2.20 bits per heavy atom. The molecule has 0 saturated heterocycles. The largest absolute Gasteiger partial charge is 0.368 e. The van der Waals surface area contributed by atoms with Gasteiger partial charge in [-0.2, -0.15) is 0 Å². The van der Waals surface area contributed by atoms with Crippen LogP contribution in [0.2, 0.25) is 0 Å². The molecular formula is C12H18N2O. The summed E-state index contributed by atoms with van der Waals surface area (Å²) in [5.41, 5.74) is 7.44. The Bertz CT molecular complexity index is 330. The first kappa shape index (κ1) is 11.7. The average molecular weight is 206 g/mol. The van der Waals surface area contributed by atoms with E-state index in [9.17, 15) is 4.79 Å². The van der Waals surface area contributed by atoms with Gasteiger partial charge in [-0.15, -0.1) is 0 Å². The Morgan fingerprint density at radius 1 is 1.27 bits per heavy atom. The van der Waals surface area contributed by atoms with Crippen molar-refractivity contribution in [3.05, 3.63) is 35.4 Å². The summed E-state index contributed by atoms with van der Waals surface area (Å²) in [6.07, 6.45) is 0. The minimum absolute atomic E-state index is 0.226. The quantitative estimate of drug-likeness (QED) is 0.784. The van der Waals surface area contributed by atoms with Gasteiger partial charge in [-0.1, -0.05) is 29.8 Å². The molecule has 82 valence electrons. The number of carbonyl (C=O) groups is 1. The zero-order valence-corrected chi connectivity index (χ0v) is 9.45. The normalized spacial score (nSPS) is 12.8. The predicted molar refractivity (Wildman–Crippen MR) is 61.4 cm³/mol. The van der Waals surface area contributed by atoms with Gasteiger partial charge < -0.3 is 5.73 Å². The van der Waals surface area contributed by atoms with Gasteiger partial charge in [-0.25, -0.2) is 0 Å². The number of amides is 1. The van der Waals surface area contributed by atoms with Crippen molar-refractivity contribution in [3.8, 4) is 0 Å². The van der Waals surface area contributed by atoms with E-state index in [0.29, 0.717) is 0 Å². The van der Waals surface area contributed by atoms with Crippen LogP contribution in [-0.4, -0.2) is 11.9 Å². The van der Waals surface area contributed by atoms with Crippen LogP contribution in [-0.2, 0) is 4.79 Å². The first-order chi connectivity index (χ1) is 7.00. The lowest BCUT2D eigenvalue weighted by atomic mass is 10.0. The molecule has 0 aromatic heterocycles. The van der Waals surface area contributed by atoms with Gasteiger partial charge in [-0.3, -0.25) is 10.1 Å². The minimum atomic E-state index is -0.398. The molecule has 0 radical (unpaired) electrons. The van der Waals surface area contributed by atoms with E-state index >= 15 is 0 Å². The molecule has 0 spiro atoms. The highest BCUT2D eigenvalue weighted by atomic mass is 16.1. The van der Waals surface area contributed by atoms with Crippen molar-refractivity contribution >= 4 is 5.91 Å². The zero-order valence-electron chi connectivity index (χ0n) is 9.45. The molecule has 1 aromatic carbocycles. The first-order valence-electron chi connectivity index (χ1n) is 5.12. The molecule has 1 amide bonds. The Kier molecular flexibility index (Phi) is 3.86. The van der Waals surface area contributed by atoms with E-state index < -0.39 is 6.04 Å². The number of nitrogens with one attached hydrogen (secondary N) is 1. The number of rotatable bonds is 4. The van der Waals surface area contributed by atoms with Crippen molar-refractivity contribution < 1.29 is 4.79 Å². The van der Waals surface area contributed by atoms with Crippen molar-refractivity contribution in [2.24, 2.45) is 5.73 Å². The van der Waals surface area contributed by atoms with Crippen molar-refractivity contribution in [2.45, 2.75) is 32.9 Å². The summed E-state index contributed by atoms with van der Waals surface area (Å²) in [4.78, 5) is 11.3. The standard InChI is InChI=1S/C12H18N2O/c1-8(2)14-11(12(13)15)10-6-4-9(3)5-7-10/h4-8,11,14H,1-3H3,(H2,13,15). The molecule has 0 aliphatic rings. The van der Waals surface area contributed by atoms with Gasteiger partial charge in [0.2, 0.25) is 5.91 Å². The molecule has 0 saturated carbocycles. The second-order valence-electron chi connectivity index (χ2n) is 4.07. The van der Waals surface area contributed by atoms with Crippen molar-refractivity contribution in [2.75, 3.05) is 0 Å². The molecule has 1 aromatic rings. The third-order valence-electron chi connectivity index (χ3n) is 2.20. The van der Waals surface area contributed by atoms with Gasteiger partial charge >= 0.3 is 0 Å². The van der Waals surface area contributed by atoms with Crippen LogP contribution in [0.3, 0.4) is 0 Å². The molecule has 0 fully saturated rings. The van der Waals surface area contributed by atoms with Gasteiger partial charge in [-0.05, 0) is 26.3 Å². The summed E-state index contributed by atoms with van der Waals surface area (Å²) in [6.45, 7) is 5.99. The second-order valence-corrected chi connectivity index (χ2v) is 4.07. The second kappa shape index (κ2) is 4.94. The molecule has 1 atom stereocenters. The van der Waals surface area contributed by atoms with Crippen LogP contribution in [0.1, 0.15) is 31.0 Å². The van der Waals surface area contributed by atoms with E-state index in [1.165, 1.54) is 5.56 Å². The molecule has 1 unspecified atom stereocenters. The first-order valence-corrected chi connectivity index (χ1v) is 5.12.